The third kappa shape index (κ3) is 2.93. The van der Waals surface area contributed by atoms with Crippen molar-refractivity contribution in [1.29, 1.82) is 0 Å². The van der Waals surface area contributed by atoms with Gasteiger partial charge in [-0.05, 0) is 25.1 Å². The minimum Gasteiger partial charge on any atom is -0.494 e. The van der Waals surface area contributed by atoms with Gasteiger partial charge in [0.1, 0.15) is 0 Å². The van der Waals surface area contributed by atoms with Crippen molar-refractivity contribution in [1.82, 2.24) is 5.32 Å². The normalized spacial score (nSPS) is 12.0. The molecule has 1 amide bonds. The topological polar surface area (TPSA) is 64.3 Å². The van der Waals surface area contributed by atoms with E-state index in [4.69, 9.17) is 10.5 Å². The summed E-state index contributed by atoms with van der Waals surface area (Å²) in [4.78, 5) is 11.6. The van der Waals surface area contributed by atoms with Crippen LogP contribution >= 0.6 is 0 Å². The Morgan fingerprint density at radius 2 is 2.31 bits per heavy atom. The van der Waals surface area contributed by atoms with Crippen LogP contribution in [-0.4, -0.2) is 25.6 Å². The number of carbonyl (C=O) groups excluding carboxylic acids is 1. The molecule has 5 heteroatoms. The van der Waals surface area contributed by atoms with E-state index in [0.717, 1.165) is 0 Å². The van der Waals surface area contributed by atoms with Gasteiger partial charge < -0.3 is 15.8 Å². The van der Waals surface area contributed by atoms with Crippen molar-refractivity contribution in [2.75, 3.05) is 13.7 Å². The molecule has 0 spiro atoms. The van der Waals surface area contributed by atoms with Gasteiger partial charge in [0.15, 0.2) is 11.6 Å². The molecule has 0 aromatic heterocycles. The Morgan fingerprint density at radius 1 is 1.62 bits per heavy atom. The lowest BCUT2D eigenvalue weighted by Gasteiger charge is -2.11. The molecule has 0 bridgehead atoms. The van der Waals surface area contributed by atoms with Crippen LogP contribution in [0, 0.1) is 5.82 Å². The van der Waals surface area contributed by atoms with Gasteiger partial charge in [0.25, 0.3) is 5.91 Å². The molecule has 0 radical (unpaired) electrons. The summed E-state index contributed by atoms with van der Waals surface area (Å²) in [6, 6.07) is 3.83. The number of nitrogens with two attached hydrogens (primary N) is 1. The Morgan fingerprint density at radius 3 is 2.88 bits per heavy atom. The Bertz CT molecular complexity index is 382. The lowest BCUT2D eigenvalue weighted by molar-refractivity contribution is 0.0941. The van der Waals surface area contributed by atoms with Crippen molar-refractivity contribution < 1.29 is 13.9 Å². The van der Waals surface area contributed by atoms with Crippen molar-refractivity contribution in [3.63, 3.8) is 0 Å². The smallest absolute Gasteiger partial charge is 0.251 e. The summed E-state index contributed by atoms with van der Waals surface area (Å²) in [5.41, 5.74) is 5.73. The third-order valence-electron chi connectivity index (χ3n) is 2.14. The number of nitrogens with one attached hydrogen (secondary N) is 1. The molecular weight excluding hydrogens is 211 g/mol. The summed E-state index contributed by atoms with van der Waals surface area (Å²) in [7, 11) is 1.35. The SMILES string of the molecule is COc1cc(C(=O)NC(C)CN)ccc1F. The summed E-state index contributed by atoms with van der Waals surface area (Å²) in [6.45, 7) is 2.14. The summed E-state index contributed by atoms with van der Waals surface area (Å²) >= 11 is 0. The Kier molecular flexibility index (Phi) is 4.25. The monoisotopic (exact) mass is 226 g/mol. The Labute approximate surface area is 93.6 Å². The summed E-state index contributed by atoms with van der Waals surface area (Å²) in [5.74, 6) is -0.741. The first kappa shape index (κ1) is 12.4. The molecule has 0 heterocycles. The molecule has 16 heavy (non-hydrogen) atoms. The van der Waals surface area contributed by atoms with Crippen molar-refractivity contribution in [3.8, 4) is 5.75 Å². The molecule has 0 aliphatic heterocycles. The van der Waals surface area contributed by atoms with E-state index in [1.165, 1.54) is 25.3 Å². The number of ether oxygens (including phenoxy) is 1. The van der Waals surface area contributed by atoms with Crippen molar-refractivity contribution in [3.05, 3.63) is 29.6 Å². The van der Waals surface area contributed by atoms with E-state index in [0.29, 0.717) is 12.1 Å². The zero-order chi connectivity index (χ0) is 12.1. The highest BCUT2D eigenvalue weighted by Gasteiger charge is 2.11. The number of halogens is 1. The lowest BCUT2D eigenvalue weighted by atomic mass is 10.2. The fourth-order valence-electron chi connectivity index (χ4n) is 1.17. The highest BCUT2D eigenvalue weighted by atomic mass is 19.1. The first-order chi connectivity index (χ1) is 7.58. The number of amides is 1. The second kappa shape index (κ2) is 5.46. The molecule has 0 fully saturated rings. The predicted octanol–water partition coefficient (Wildman–Crippen LogP) is 0.911. The molecule has 0 saturated heterocycles. The quantitative estimate of drug-likeness (QED) is 0.802. The van der Waals surface area contributed by atoms with Crippen molar-refractivity contribution in [2.24, 2.45) is 5.73 Å². The van der Waals surface area contributed by atoms with Crippen molar-refractivity contribution in [2.45, 2.75) is 13.0 Å². The van der Waals surface area contributed by atoms with E-state index in [2.05, 4.69) is 5.32 Å². The number of rotatable bonds is 4. The van der Waals surface area contributed by atoms with Crippen LogP contribution < -0.4 is 15.8 Å². The maximum absolute atomic E-state index is 13.1. The molecule has 3 N–H and O–H groups in total. The van der Waals surface area contributed by atoms with Gasteiger partial charge in [-0.2, -0.15) is 0 Å². The summed E-state index contributed by atoms with van der Waals surface area (Å²) in [5, 5.41) is 2.67. The van der Waals surface area contributed by atoms with Gasteiger partial charge in [-0.1, -0.05) is 0 Å². The molecule has 1 atom stereocenters. The largest absolute Gasteiger partial charge is 0.494 e. The van der Waals surface area contributed by atoms with Crippen LogP contribution in [0.15, 0.2) is 18.2 Å². The molecule has 0 aliphatic rings. The van der Waals surface area contributed by atoms with E-state index in [1.807, 2.05) is 0 Å². The second-order valence-electron chi connectivity index (χ2n) is 3.46. The number of hydrogen-bond acceptors (Lipinski definition) is 3. The van der Waals surface area contributed by atoms with Crippen LogP contribution in [0.4, 0.5) is 4.39 Å². The van der Waals surface area contributed by atoms with Gasteiger partial charge in [0, 0.05) is 18.2 Å². The Hall–Kier alpha value is -1.62. The van der Waals surface area contributed by atoms with Crippen molar-refractivity contribution >= 4 is 5.91 Å². The van der Waals surface area contributed by atoms with E-state index < -0.39 is 5.82 Å². The van der Waals surface area contributed by atoms with Crippen LogP contribution in [-0.2, 0) is 0 Å². The second-order valence-corrected chi connectivity index (χ2v) is 3.46. The predicted molar refractivity (Wildman–Crippen MR) is 58.9 cm³/mol. The molecule has 88 valence electrons. The van der Waals surface area contributed by atoms with Crippen LogP contribution in [0.2, 0.25) is 0 Å². The molecule has 1 aromatic carbocycles. The van der Waals surface area contributed by atoms with Gasteiger partial charge in [-0.25, -0.2) is 4.39 Å². The third-order valence-corrected chi connectivity index (χ3v) is 2.14. The van der Waals surface area contributed by atoms with Gasteiger partial charge >= 0.3 is 0 Å². The molecule has 1 rings (SSSR count). The lowest BCUT2D eigenvalue weighted by Crippen LogP contribution is -2.37. The maximum Gasteiger partial charge on any atom is 0.251 e. The first-order valence-corrected chi connectivity index (χ1v) is 4.93. The average Bonchev–Trinajstić information content (AvgIpc) is 2.29. The fourth-order valence-corrected chi connectivity index (χ4v) is 1.17. The summed E-state index contributed by atoms with van der Waals surface area (Å²) in [6.07, 6.45) is 0. The molecule has 1 unspecified atom stereocenters. The van der Waals surface area contributed by atoms with Crippen LogP contribution in [0.3, 0.4) is 0 Å². The van der Waals surface area contributed by atoms with Crippen LogP contribution in [0.25, 0.3) is 0 Å². The standard InChI is InChI=1S/C11H15FN2O2/c1-7(6-13)14-11(15)8-3-4-9(12)10(5-8)16-2/h3-5,7H,6,13H2,1-2H3,(H,14,15). The maximum atomic E-state index is 13.1. The highest BCUT2D eigenvalue weighted by Crippen LogP contribution is 2.18. The van der Waals surface area contributed by atoms with E-state index in [-0.39, 0.29) is 17.7 Å². The van der Waals surface area contributed by atoms with Gasteiger partial charge in [-0.15, -0.1) is 0 Å². The molecule has 4 nitrogen and oxygen atoms in total. The molecular formula is C11H15FN2O2. The molecule has 0 saturated carbocycles. The van der Waals surface area contributed by atoms with E-state index in [9.17, 15) is 9.18 Å². The molecule has 0 aliphatic carbocycles. The fraction of sp³-hybridized carbons (Fsp3) is 0.364. The average molecular weight is 226 g/mol. The first-order valence-electron chi connectivity index (χ1n) is 4.93. The van der Waals surface area contributed by atoms with Gasteiger partial charge in [0.2, 0.25) is 0 Å². The number of benzene rings is 1. The Balaban J connectivity index is 2.84. The minimum absolute atomic E-state index is 0.0491. The van der Waals surface area contributed by atoms with E-state index in [1.54, 1.807) is 6.92 Å². The zero-order valence-corrected chi connectivity index (χ0v) is 9.29. The number of hydrogen-bond donors (Lipinski definition) is 2. The van der Waals surface area contributed by atoms with E-state index >= 15 is 0 Å². The molecule has 1 aromatic rings. The highest BCUT2D eigenvalue weighted by molar-refractivity contribution is 5.94. The summed E-state index contributed by atoms with van der Waals surface area (Å²) < 4.78 is 17.9. The minimum atomic E-state index is -0.495. The van der Waals surface area contributed by atoms with Gasteiger partial charge in [0.05, 0.1) is 7.11 Å². The van der Waals surface area contributed by atoms with Gasteiger partial charge in [-0.3, -0.25) is 4.79 Å². The number of carbonyl (C=O) groups is 1. The van der Waals surface area contributed by atoms with Crippen LogP contribution in [0.5, 0.6) is 5.75 Å². The number of methoxy groups -OCH3 is 1. The zero-order valence-electron chi connectivity index (χ0n) is 9.29. The van der Waals surface area contributed by atoms with Crippen LogP contribution in [0.1, 0.15) is 17.3 Å².